The largest absolute Gasteiger partial charge is 0.463 e. The summed E-state index contributed by atoms with van der Waals surface area (Å²) in [5.41, 5.74) is 5.51. The maximum absolute atomic E-state index is 11.8. The van der Waals surface area contributed by atoms with Gasteiger partial charge in [0.05, 0.1) is 12.7 Å². The molecule has 1 saturated heterocycles. The highest BCUT2D eigenvalue weighted by molar-refractivity contribution is 5.75. The van der Waals surface area contributed by atoms with Gasteiger partial charge in [-0.1, -0.05) is 19.3 Å². The molecule has 1 heterocycles. The lowest BCUT2D eigenvalue weighted by molar-refractivity contribution is -0.157. The highest BCUT2D eigenvalue weighted by Gasteiger charge is 2.31. The molecule has 0 aromatic rings. The summed E-state index contributed by atoms with van der Waals surface area (Å²) < 4.78 is 10.9. The Hall–Kier alpha value is -0.610. The Morgan fingerprint density at radius 1 is 1.18 bits per heavy atom. The van der Waals surface area contributed by atoms with E-state index < -0.39 is 0 Å². The predicted molar refractivity (Wildman–Crippen MR) is 64.5 cm³/mol. The van der Waals surface area contributed by atoms with Crippen LogP contribution < -0.4 is 5.73 Å². The molecule has 2 N–H and O–H groups in total. The maximum Gasteiger partial charge on any atom is 0.335 e. The van der Waals surface area contributed by atoms with E-state index in [1.54, 1.807) is 0 Å². The van der Waals surface area contributed by atoms with Gasteiger partial charge in [-0.05, 0) is 31.6 Å². The predicted octanol–water partition coefficient (Wildman–Crippen LogP) is 1.62. The molecule has 0 aromatic heterocycles. The van der Waals surface area contributed by atoms with Crippen LogP contribution in [-0.2, 0) is 14.3 Å². The molecular weight excluding hydrogens is 218 g/mol. The minimum Gasteiger partial charge on any atom is -0.463 e. The van der Waals surface area contributed by atoms with Crippen LogP contribution in [-0.4, -0.2) is 31.3 Å². The quantitative estimate of drug-likeness (QED) is 0.760. The fraction of sp³-hybridized carbons (Fsp3) is 0.923. The van der Waals surface area contributed by atoms with Crippen molar-refractivity contribution in [1.82, 2.24) is 0 Å². The molecule has 0 spiro atoms. The lowest BCUT2D eigenvalue weighted by Crippen LogP contribution is -2.28. The van der Waals surface area contributed by atoms with Crippen molar-refractivity contribution in [3.63, 3.8) is 0 Å². The molecule has 1 aliphatic heterocycles. The molecule has 0 amide bonds. The van der Waals surface area contributed by atoms with Crippen LogP contribution in [0.25, 0.3) is 0 Å². The van der Waals surface area contributed by atoms with Gasteiger partial charge in [-0.15, -0.1) is 0 Å². The number of hydrogen-bond acceptors (Lipinski definition) is 4. The first kappa shape index (κ1) is 12.8. The molecule has 2 aliphatic rings. The van der Waals surface area contributed by atoms with Crippen LogP contribution in [0.5, 0.6) is 0 Å². The summed E-state index contributed by atoms with van der Waals surface area (Å²) in [6, 6.07) is 0. The molecule has 2 rings (SSSR count). The van der Waals surface area contributed by atoms with Crippen LogP contribution >= 0.6 is 0 Å². The summed E-state index contributed by atoms with van der Waals surface area (Å²) in [6.07, 6.45) is 7.58. The van der Waals surface area contributed by atoms with Gasteiger partial charge < -0.3 is 15.2 Å². The summed E-state index contributed by atoms with van der Waals surface area (Å²) in [5, 5.41) is 0. The number of carbonyl (C=O) groups excluding carboxylic acids is 1. The van der Waals surface area contributed by atoms with E-state index >= 15 is 0 Å². The third-order valence-electron chi connectivity index (χ3n) is 3.82. The van der Waals surface area contributed by atoms with E-state index in [0.717, 1.165) is 12.8 Å². The molecule has 17 heavy (non-hydrogen) atoms. The second-order valence-electron chi connectivity index (χ2n) is 5.19. The number of esters is 1. The molecule has 2 fully saturated rings. The van der Waals surface area contributed by atoms with E-state index in [1.807, 2.05) is 0 Å². The number of hydrogen-bond donors (Lipinski definition) is 1. The van der Waals surface area contributed by atoms with E-state index in [1.165, 1.54) is 32.1 Å². The zero-order valence-corrected chi connectivity index (χ0v) is 10.4. The number of ether oxygens (including phenoxy) is 2. The SMILES string of the molecule is NCC1CCC(C(=O)OCC2CCCCC2)O1. The number of nitrogens with two attached hydrogens (primary N) is 1. The Bertz CT molecular complexity index is 251. The molecule has 1 saturated carbocycles. The van der Waals surface area contributed by atoms with Gasteiger partial charge in [0.2, 0.25) is 0 Å². The summed E-state index contributed by atoms with van der Waals surface area (Å²) in [6.45, 7) is 1.07. The van der Waals surface area contributed by atoms with Gasteiger partial charge in [-0.3, -0.25) is 0 Å². The van der Waals surface area contributed by atoms with Crippen LogP contribution in [0.3, 0.4) is 0 Å². The standard InChI is InChI=1S/C13H23NO3/c14-8-11-6-7-12(17-11)13(15)16-9-10-4-2-1-3-5-10/h10-12H,1-9,14H2. The average Bonchev–Trinajstić information content (AvgIpc) is 2.86. The molecule has 1 aliphatic carbocycles. The van der Waals surface area contributed by atoms with Gasteiger partial charge in [0.15, 0.2) is 6.10 Å². The highest BCUT2D eigenvalue weighted by Crippen LogP contribution is 2.25. The Kier molecular flexibility index (Phi) is 4.80. The molecule has 0 bridgehead atoms. The van der Waals surface area contributed by atoms with Crippen LogP contribution in [0, 0.1) is 5.92 Å². The Morgan fingerprint density at radius 2 is 1.94 bits per heavy atom. The van der Waals surface area contributed by atoms with Crippen molar-refractivity contribution in [3.8, 4) is 0 Å². The fourth-order valence-electron chi connectivity index (χ4n) is 2.70. The van der Waals surface area contributed by atoms with Crippen molar-refractivity contribution < 1.29 is 14.3 Å². The highest BCUT2D eigenvalue weighted by atomic mass is 16.6. The number of rotatable bonds is 4. The Morgan fingerprint density at radius 3 is 2.59 bits per heavy atom. The fourth-order valence-corrected chi connectivity index (χ4v) is 2.70. The zero-order chi connectivity index (χ0) is 12.1. The van der Waals surface area contributed by atoms with Crippen LogP contribution in [0.2, 0.25) is 0 Å². The summed E-state index contributed by atoms with van der Waals surface area (Å²) in [4.78, 5) is 11.8. The van der Waals surface area contributed by atoms with Gasteiger partial charge in [0.25, 0.3) is 0 Å². The van der Waals surface area contributed by atoms with Crippen molar-refractivity contribution in [2.45, 2.75) is 57.2 Å². The molecule has 2 unspecified atom stereocenters. The normalized spacial score (nSPS) is 30.4. The van der Waals surface area contributed by atoms with Crippen molar-refractivity contribution in [2.75, 3.05) is 13.2 Å². The van der Waals surface area contributed by atoms with E-state index in [2.05, 4.69) is 0 Å². The molecule has 0 aromatic carbocycles. The average molecular weight is 241 g/mol. The molecule has 4 heteroatoms. The first-order chi connectivity index (χ1) is 8.29. The summed E-state index contributed by atoms with van der Waals surface area (Å²) in [5.74, 6) is 0.380. The number of carbonyl (C=O) groups is 1. The van der Waals surface area contributed by atoms with Crippen LogP contribution in [0.15, 0.2) is 0 Å². The van der Waals surface area contributed by atoms with Gasteiger partial charge >= 0.3 is 5.97 Å². The Balaban J connectivity index is 1.66. The minimum atomic E-state index is -0.368. The van der Waals surface area contributed by atoms with Gasteiger partial charge in [-0.2, -0.15) is 0 Å². The summed E-state index contributed by atoms with van der Waals surface area (Å²) >= 11 is 0. The third-order valence-corrected chi connectivity index (χ3v) is 3.82. The van der Waals surface area contributed by atoms with Crippen LogP contribution in [0.1, 0.15) is 44.9 Å². The van der Waals surface area contributed by atoms with Crippen molar-refractivity contribution in [2.24, 2.45) is 11.7 Å². The minimum absolute atomic E-state index is 0.0437. The van der Waals surface area contributed by atoms with E-state index in [9.17, 15) is 4.79 Å². The van der Waals surface area contributed by atoms with E-state index in [4.69, 9.17) is 15.2 Å². The van der Waals surface area contributed by atoms with Gasteiger partial charge in [-0.25, -0.2) is 4.79 Å². The molecule has 2 atom stereocenters. The van der Waals surface area contributed by atoms with Gasteiger partial charge in [0, 0.05) is 6.54 Å². The smallest absolute Gasteiger partial charge is 0.335 e. The monoisotopic (exact) mass is 241 g/mol. The zero-order valence-electron chi connectivity index (χ0n) is 10.4. The first-order valence-corrected chi connectivity index (χ1v) is 6.81. The third kappa shape index (κ3) is 3.68. The van der Waals surface area contributed by atoms with Crippen molar-refractivity contribution in [1.29, 1.82) is 0 Å². The lowest BCUT2D eigenvalue weighted by atomic mass is 9.90. The van der Waals surface area contributed by atoms with E-state index in [-0.39, 0.29) is 18.2 Å². The van der Waals surface area contributed by atoms with E-state index in [0.29, 0.717) is 19.1 Å². The molecule has 98 valence electrons. The first-order valence-electron chi connectivity index (χ1n) is 6.81. The van der Waals surface area contributed by atoms with Crippen molar-refractivity contribution in [3.05, 3.63) is 0 Å². The van der Waals surface area contributed by atoms with Crippen LogP contribution in [0.4, 0.5) is 0 Å². The molecule has 0 radical (unpaired) electrons. The second-order valence-corrected chi connectivity index (χ2v) is 5.19. The second kappa shape index (κ2) is 6.36. The molecule has 4 nitrogen and oxygen atoms in total. The summed E-state index contributed by atoms with van der Waals surface area (Å²) in [7, 11) is 0. The van der Waals surface area contributed by atoms with Gasteiger partial charge in [0.1, 0.15) is 0 Å². The molecular formula is C13H23NO3. The lowest BCUT2D eigenvalue weighted by Gasteiger charge is -2.21. The maximum atomic E-state index is 11.8. The van der Waals surface area contributed by atoms with Crippen molar-refractivity contribution >= 4 is 5.97 Å². The Labute approximate surface area is 103 Å². The topological polar surface area (TPSA) is 61.6 Å².